The summed E-state index contributed by atoms with van der Waals surface area (Å²) in [4.78, 5) is 14.3. The minimum Gasteiger partial charge on any atom is -0.348 e. The van der Waals surface area contributed by atoms with Gasteiger partial charge in [-0.05, 0) is 35.8 Å². The van der Waals surface area contributed by atoms with Gasteiger partial charge in [0.05, 0.1) is 5.92 Å². The summed E-state index contributed by atoms with van der Waals surface area (Å²) in [7, 11) is 3.73. The average molecular weight is 303 g/mol. The molecular formula is C20H33NO. The lowest BCUT2D eigenvalue weighted by Gasteiger charge is -2.30. The maximum atomic E-state index is 12.5. The SMILES string of the molecule is CC.CCCC1(CCC)CC(C(=O)N(C)C)c2ccccc21. The molecule has 1 aromatic rings. The third kappa shape index (κ3) is 3.53. The number of carbonyl (C=O) groups excluding carboxylic acids is 1. The lowest BCUT2D eigenvalue weighted by molar-refractivity contribution is -0.130. The van der Waals surface area contributed by atoms with Crippen molar-refractivity contribution >= 4 is 5.91 Å². The van der Waals surface area contributed by atoms with Gasteiger partial charge in [-0.3, -0.25) is 4.79 Å². The lowest BCUT2D eigenvalue weighted by Crippen LogP contribution is -2.29. The van der Waals surface area contributed by atoms with Crippen LogP contribution in [-0.4, -0.2) is 24.9 Å². The molecule has 1 aliphatic carbocycles. The fraction of sp³-hybridized carbons (Fsp3) is 0.650. The highest BCUT2D eigenvalue weighted by Gasteiger charge is 2.45. The van der Waals surface area contributed by atoms with E-state index in [0.717, 1.165) is 6.42 Å². The first-order valence-electron chi connectivity index (χ1n) is 8.86. The molecule has 0 aromatic heterocycles. The number of benzene rings is 1. The molecule has 0 radical (unpaired) electrons. The molecule has 2 nitrogen and oxygen atoms in total. The molecule has 0 fully saturated rings. The Morgan fingerprint density at radius 1 is 1.14 bits per heavy atom. The minimum atomic E-state index is 0.0549. The molecule has 1 aliphatic rings. The Bertz CT molecular complexity index is 472. The summed E-state index contributed by atoms with van der Waals surface area (Å²) < 4.78 is 0. The van der Waals surface area contributed by atoms with Crippen LogP contribution in [0.25, 0.3) is 0 Å². The van der Waals surface area contributed by atoms with E-state index in [2.05, 4.69) is 38.1 Å². The van der Waals surface area contributed by atoms with Gasteiger partial charge in [0.25, 0.3) is 0 Å². The van der Waals surface area contributed by atoms with Gasteiger partial charge in [-0.1, -0.05) is 64.8 Å². The number of hydrogen-bond acceptors (Lipinski definition) is 1. The second-order valence-electron chi connectivity index (χ2n) is 6.36. The highest BCUT2D eigenvalue weighted by Crippen LogP contribution is 2.51. The molecule has 124 valence electrons. The average Bonchev–Trinajstić information content (AvgIpc) is 2.84. The zero-order chi connectivity index (χ0) is 16.8. The van der Waals surface area contributed by atoms with Crippen LogP contribution >= 0.6 is 0 Å². The monoisotopic (exact) mass is 303 g/mol. The molecule has 2 rings (SSSR count). The van der Waals surface area contributed by atoms with Gasteiger partial charge in [-0.25, -0.2) is 0 Å². The molecule has 0 saturated heterocycles. The Kier molecular flexibility index (Phi) is 7.12. The highest BCUT2D eigenvalue weighted by atomic mass is 16.2. The third-order valence-electron chi connectivity index (χ3n) is 4.70. The van der Waals surface area contributed by atoms with E-state index in [0.29, 0.717) is 0 Å². The molecule has 0 heterocycles. The van der Waals surface area contributed by atoms with E-state index < -0.39 is 0 Å². The second kappa shape index (κ2) is 8.36. The molecule has 0 saturated carbocycles. The van der Waals surface area contributed by atoms with E-state index in [1.165, 1.54) is 36.8 Å². The summed E-state index contributed by atoms with van der Waals surface area (Å²) in [6.45, 7) is 8.50. The second-order valence-corrected chi connectivity index (χ2v) is 6.36. The van der Waals surface area contributed by atoms with Crippen LogP contribution in [0, 0.1) is 0 Å². The van der Waals surface area contributed by atoms with Gasteiger partial charge in [0.1, 0.15) is 0 Å². The van der Waals surface area contributed by atoms with Crippen molar-refractivity contribution in [3.05, 3.63) is 35.4 Å². The summed E-state index contributed by atoms with van der Waals surface area (Å²) in [5, 5.41) is 0. The van der Waals surface area contributed by atoms with Crippen LogP contribution in [-0.2, 0) is 10.2 Å². The predicted molar refractivity (Wildman–Crippen MR) is 95.3 cm³/mol. The van der Waals surface area contributed by atoms with Gasteiger partial charge >= 0.3 is 0 Å². The van der Waals surface area contributed by atoms with E-state index in [1.54, 1.807) is 4.90 Å². The van der Waals surface area contributed by atoms with Gasteiger partial charge in [0.15, 0.2) is 0 Å². The summed E-state index contributed by atoms with van der Waals surface area (Å²) in [6, 6.07) is 8.61. The van der Waals surface area contributed by atoms with Crippen LogP contribution in [0.1, 0.15) is 76.8 Å². The first-order chi connectivity index (χ1) is 10.6. The van der Waals surface area contributed by atoms with Crippen molar-refractivity contribution in [1.82, 2.24) is 4.90 Å². The van der Waals surface area contributed by atoms with Gasteiger partial charge in [-0.2, -0.15) is 0 Å². The maximum absolute atomic E-state index is 12.5. The topological polar surface area (TPSA) is 20.3 Å². The van der Waals surface area contributed by atoms with E-state index in [4.69, 9.17) is 0 Å². The molecule has 1 aromatic carbocycles. The van der Waals surface area contributed by atoms with Crippen molar-refractivity contribution < 1.29 is 4.79 Å². The smallest absolute Gasteiger partial charge is 0.229 e. The molecule has 0 aliphatic heterocycles. The van der Waals surface area contributed by atoms with Crippen molar-refractivity contribution in [2.24, 2.45) is 0 Å². The number of likely N-dealkylation sites (N-methyl/N-ethyl adjacent to an activating group) is 1. The molecule has 0 N–H and O–H groups in total. The quantitative estimate of drug-likeness (QED) is 0.738. The van der Waals surface area contributed by atoms with E-state index in [-0.39, 0.29) is 17.2 Å². The minimum absolute atomic E-state index is 0.0549. The van der Waals surface area contributed by atoms with E-state index in [1.807, 2.05) is 27.9 Å². The van der Waals surface area contributed by atoms with Crippen molar-refractivity contribution in [3.8, 4) is 0 Å². The molecule has 0 spiro atoms. The molecule has 2 heteroatoms. The number of nitrogens with zero attached hydrogens (tertiary/aromatic N) is 1. The first kappa shape index (κ1) is 18.7. The number of amides is 1. The summed E-state index contributed by atoms with van der Waals surface area (Å²) in [5.41, 5.74) is 2.92. The predicted octanol–water partition coefficient (Wildman–Crippen LogP) is 5.13. The standard InChI is InChI=1S/C18H27NO.C2H6/c1-5-11-18(12-6-2)13-15(17(20)19(3)4)14-9-7-8-10-16(14)18;1-2/h7-10,15H,5-6,11-13H2,1-4H3;1-2H3. The van der Waals surface area contributed by atoms with Crippen LogP contribution in [0.4, 0.5) is 0 Å². The molecule has 1 atom stereocenters. The number of carbonyl (C=O) groups is 1. The number of fused-ring (bicyclic) bond motifs is 1. The number of rotatable bonds is 5. The molecule has 0 bridgehead atoms. The van der Waals surface area contributed by atoms with Crippen LogP contribution in [0.15, 0.2) is 24.3 Å². The van der Waals surface area contributed by atoms with E-state index >= 15 is 0 Å². The van der Waals surface area contributed by atoms with Crippen LogP contribution in [0.3, 0.4) is 0 Å². The fourth-order valence-corrected chi connectivity index (χ4v) is 3.98. The highest BCUT2D eigenvalue weighted by molar-refractivity contribution is 5.85. The van der Waals surface area contributed by atoms with Crippen LogP contribution < -0.4 is 0 Å². The Labute approximate surface area is 136 Å². The Morgan fingerprint density at radius 2 is 1.68 bits per heavy atom. The zero-order valence-corrected chi connectivity index (χ0v) is 15.3. The lowest BCUT2D eigenvalue weighted by atomic mass is 9.74. The first-order valence-corrected chi connectivity index (χ1v) is 8.86. The van der Waals surface area contributed by atoms with E-state index in [9.17, 15) is 4.79 Å². The van der Waals surface area contributed by atoms with Gasteiger partial charge in [-0.15, -0.1) is 0 Å². The van der Waals surface area contributed by atoms with Crippen molar-refractivity contribution in [2.75, 3.05) is 14.1 Å². The zero-order valence-electron chi connectivity index (χ0n) is 15.3. The normalized spacial score (nSPS) is 18.2. The number of hydrogen-bond donors (Lipinski definition) is 0. The van der Waals surface area contributed by atoms with Gasteiger partial charge < -0.3 is 4.90 Å². The molecule has 1 unspecified atom stereocenters. The summed E-state index contributed by atoms with van der Waals surface area (Å²) in [6.07, 6.45) is 5.73. The summed E-state index contributed by atoms with van der Waals surface area (Å²) in [5.74, 6) is 0.311. The fourth-order valence-electron chi connectivity index (χ4n) is 3.98. The third-order valence-corrected chi connectivity index (χ3v) is 4.70. The Morgan fingerprint density at radius 3 is 2.18 bits per heavy atom. The molecular weight excluding hydrogens is 270 g/mol. The van der Waals surface area contributed by atoms with Crippen molar-refractivity contribution in [2.45, 2.75) is 71.1 Å². The molecule has 22 heavy (non-hydrogen) atoms. The van der Waals surface area contributed by atoms with Crippen molar-refractivity contribution in [1.29, 1.82) is 0 Å². The largest absolute Gasteiger partial charge is 0.348 e. The van der Waals surface area contributed by atoms with Crippen molar-refractivity contribution in [3.63, 3.8) is 0 Å². The van der Waals surface area contributed by atoms with Crippen LogP contribution in [0.5, 0.6) is 0 Å². The Balaban J connectivity index is 0.00000116. The van der Waals surface area contributed by atoms with Gasteiger partial charge in [0.2, 0.25) is 5.91 Å². The van der Waals surface area contributed by atoms with Crippen LogP contribution in [0.2, 0.25) is 0 Å². The maximum Gasteiger partial charge on any atom is 0.229 e. The Hall–Kier alpha value is -1.31. The van der Waals surface area contributed by atoms with Gasteiger partial charge in [0, 0.05) is 14.1 Å². The summed E-state index contributed by atoms with van der Waals surface area (Å²) >= 11 is 0. The molecule has 1 amide bonds.